The van der Waals surface area contributed by atoms with Crippen LogP contribution in [0.15, 0.2) is 48.5 Å². The Labute approximate surface area is 142 Å². The Morgan fingerprint density at radius 3 is 2.67 bits per heavy atom. The highest BCUT2D eigenvalue weighted by Crippen LogP contribution is 2.21. The summed E-state index contributed by atoms with van der Waals surface area (Å²) in [5.74, 6) is 0.613. The molecule has 0 spiro atoms. The molecule has 0 saturated carbocycles. The number of nitriles is 1. The average Bonchev–Trinajstić information content (AvgIpc) is 3.09. The van der Waals surface area contributed by atoms with Crippen molar-refractivity contribution in [3.8, 4) is 11.8 Å². The predicted octanol–water partition coefficient (Wildman–Crippen LogP) is 1.66. The van der Waals surface area contributed by atoms with Gasteiger partial charge >= 0.3 is 0 Å². The number of rotatable bonds is 5. The first-order valence-corrected chi connectivity index (χ1v) is 8.05. The van der Waals surface area contributed by atoms with Crippen molar-refractivity contribution in [3.05, 3.63) is 59.7 Å². The molecule has 1 heterocycles. The Bertz CT molecular complexity index is 722. The van der Waals surface area contributed by atoms with Crippen LogP contribution in [0.1, 0.15) is 17.4 Å². The summed E-state index contributed by atoms with van der Waals surface area (Å²) < 4.78 is 11.8. The van der Waals surface area contributed by atoms with Crippen molar-refractivity contribution < 1.29 is 14.8 Å². The molecule has 1 saturated heterocycles. The molecule has 0 radical (unpaired) electrons. The van der Waals surface area contributed by atoms with Gasteiger partial charge in [0, 0.05) is 25.3 Å². The molecule has 5 heteroatoms. The van der Waals surface area contributed by atoms with Crippen LogP contribution in [-0.4, -0.2) is 33.4 Å². The third kappa shape index (κ3) is 3.67. The van der Waals surface area contributed by atoms with Gasteiger partial charge in [0.25, 0.3) is 0 Å². The molecule has 0 amide bonds. The molecule has 3 rings (SSSR count). The maximum Gasteiger partial charge on any atom is 0.217 e. The molecule has 2 aromatic carbocycles. The second-order valence-corrected chi connectivity index (χ2v) is 6.06. The largest absolute Gasteiger partial charge is 0.489 e. The Hall–Kier alpha value is -2.55. The number of nitrogens with two attached hydrogens (primary N) is 1. The molecule has 1 fully saturated rings. The van der Waals surface area contributed by atoms with Crippen LogP contribution in [0.3, 0.4) is 0 Å². The average molecular weight is 324 g/mol. The van der Waals surface area contributed by atoms with Crippen molar-refractivity contribution >= 4 is 5.69 Å². The summed E-state index contributed by atoms with van der Waals surface area (Å²) in [7, 11) is 4.05. The van der Waals surface area contributed by atoms with Crippen LogP contribution in [0.25, 0.3) is 0 Å². The van der Waals surface area contributed by atoms with Gasteiger partial charge in [0.05, 0.1) is 5.56 Å². The third-order valence-corrected chi connectivity index (χ3v) is 4.12. The molecule has 2 N–H and O–H groups in total. The van der Waals surface area contributed by atoms with Gasteiger partial charge in [0.1, 0.15) is 31.1 Å². The van der Waals surface area contributed by atoms with Crippen LogP contribution < -0.4 is 15.0 Å². The van der Waals surface area contributed by atoms with Gasteiger partial charge < -0.3 is 19.7 Å². The number of benzene rings is 2. The van der Waals surface area contributed by atoms with E-state index in [0.29, 0.717) is 17.9 Å². The highest BCUT2D eigenvalue weighted by atomic mass is 16.6. The zero-order valence-electron chi connectivity index (χ0n) is 14.0. The number of anilines is 1. The van der Waals surface area contributed by atoms with Crippen molar-refractivity contribution in [2.24, 2.45) is 0 Å². The fraction of sp³-hybridized carbons (Fsp3) is 0.316. The lowest BCUT2D eigenvalue weighted by Gasteiger charge is -2.14. The smallest absolute Gasteiger partial charge is 0.217 e. The maximum absolute atomic E-state index is 9.09. The van der Waals surface area contributed by atoms with Gasteiger partial charge in [-0.3, -0.25) is 0 Å². The monoisotopic (exact) mass is 324 g/mol. The summed E-state index contributed by atoms with van der Waals surface area (Å²) >= 11 is 0. The minimum absolute atomic E-state index is 0.000947. The molecular formula is C19H22N3O2+. The molecule has 24 heavy (non-hydrogen) atoms. The van der Waals surface area contributed by atoms with E-state index in [1.807, 2.05) is 32.3 Å². The van der Waals surface area contributed by atoms with E-state index in [9.17, 15) is 0 Å². The van der Waals surface area contributed by atoms with E-state index >= 15 is 0 Å². The Morgan fingerprint density at radius 2 is 1.96 bits per heavy atom. The summed E-state index contributed by atoms with van der Waals surface area (Å²) in [6.45, 7) is 1.29. The summed E-state index contributed by atoms with van der Waals surface area (Å²) in [5.41, 5.74) is 2.88. The number of ether oxygens (including phenoxy) is 2. The van der Waals surface area contributed by atoms with Gasteiger partial charge in [0.2, 0.25) is 6.23 Å². The number of hydrogen-bond acceptors (Lipinski definition) is 4. The molecule has 124 valence electrons. The molecule has 1 aliphatic rings. The van der Waals surface area contributed by atoms with Crippen molar-refractivity contribution in [1.29, 1.82) is 5.26 Å². The van der Waals surface area contributed by atoms with E-state index in [1.165, 1.54) is 5.69 Å². The molecule has 0 aliphatic carbocycles. The quantitative estimate of drug-likeness (QED) is 0.909. The number of para-hydroxylation sites is 1. The van der Waals surface area contributed by atoms with Crippen molar-refractivity contribution in [2.45, 2.75) is 12.3 Å². The maximum atomic E-state index is 9.09. The van der Waals surface area contributed by atoms with Crippen molar-refractivity contribution in [3.63, 3.8) is 0 Å². The SMILES string of the molecule is CN(C)c1ccc([C@H]2[NH2+]C[C@@H](COc3ccccc3C#N)O2)cc1. The third-order valence-electron chi connectivity index (χ3n) is 4.12. The van der Waals surface area contributed by atoms with E-state index in [4.69, 9.17) is 14.7 Å². The molecule has 0 aromatic heterocycles. The minimum Gasteiger partial charge on any atom is -0.489 e. The van der Waals surface area contributed by atoms with Gasteiger partial charge in [-0.25, -0.2) is 0 Å². The van der Waals surface area contributed by atoms with Crippen molar-refractivity contribution in [1.82, 2.24) is 0 Å². The summed E-state index contributed by atoms with van der Waals surface area (Å²) in [6.07, 6.45) is 0.0105. The first-order chi connectivity index (χ1) is 11.7. The van der Waals surface area contributed by atoms with Crippen LogP contribution in [0.2, 0.25) is 0 Å². The van der Waals surface area contributed by atoms with Crippen LogP contribution in [-0.2, 0) is 4.74 Å². The summed E-state index contributed by atoms with van der Waals surface area (Å²) in [4.78, 5) is 2.08. The Balaban J connectivity index is 1.56. The molecular weight excluding hydrogens is 302 g/mol. The normalized spacial score (nSPS) is 19.7. The zero-order valence-corrected chi connectivity index (χ0v) is 14.0. The standard InChI is InChI=1S/C19H21N3O2/c1-22(2)16-9-7-14(8-10-16)19-21-12-17(24-19)13-23-18-6-4-3-5-15(18)11-20/h3-10,17,19,21H,12-13H2,1-2H3/p+1/t17-,19-/m0/s1. The lowest BCUT2D eigenvalue weighted by molar-refractivity contribution is -0.697. The number of quaternary nitrogens is 1. The molecule has 0 unspecified atom stereocenters. The van der Waals surface area contributed by atoms with Gasteiger partial charge in [-0.2, -0.15) is 5.26 Å². The summed E-state index contributed by atoms with van der Waals surface area (Å²) in [5, 5.41) is 11.3. The van der Waals surface area contributed by atoms with E-state index in [2.05, 4.69) is 40.6 Å². The van der Waals surface area contributed by atoms with E-state index in [0.717, 1.165) is 12.1 Å². The topological polar surface area (TPSA) is 62.1 Å². The molecule has 2 aromatic rings. The second-order valence-electron chi connectivity index (χ2n) is 6.06. The van der Waals surface area contributed by atoms with Crippen LogP contribution in [0.5, 0.6) is 5.75 Å². The fourth-order valence-corrected chi connectivity index (χ4v) is 2.75. The molecule has 2 atom stereocenters. The molecule has 0 bridgehead atoms. The van der Waals surface area contributed by atoms with Crippen LogP contribution in [0.4, 0.5) is 5.69 Å². The predicted molar refractivity (Wildman–Crippen MR) is 91.8 cm³/mol. The van der Waals surface area contributed by atoms with Gasteiger partial charge in [-0.05, 0) is 36.4 Å². The van der Waals surface area contributed by atoms with Crippen LogP contribution >= 0.6 is 0 Å². The fourth-order valence-electron chi connectivity index (χ4n) is 2.75. The minimum atomic E-state index is 0.000947. The first kappa shape index (κ1) is 16.3. The van der Waals surface area contributed by atoms with Crippen molar-refractivity contribution in [2.75, 3.05) is 32.1 Å². The highest BCUT2D eigenvalue weighted by Gasteiger charge is 2.30. The molecule has 1 aliphatic heterocycles. The van der Waals surface area contributed by atoms with E-state index in [1.54, 1.807) is 6.07 Å². The lowest BCUT2D eigenvalue weighted by Crippen LogP contribution is -2.82. The van der Waals surface area contributed by atoms with Gasteiger partial charge in [0.15, 0.2) is 0 Å². The number of nitrogens with zero attached hydrogens (tertiary/aromatic N) is 2. The molecule has 5 nitrogen and oxygen atoms in total. The highest BCUT2D eigenvalue weighted by molar-refractivity contribution is 5.46. The van der Waals surface area contributed by atoms with E-state index in [-0.39, 0.29) is 12.3 Å². The van der Waals surface area contributed by atoms with Gasteiger partial charge in [-0.1, -0.05) is 12.1 Å². The van der Waals surface area contributed by atoms with Crippen LogP contribution in [0, 0.1) is 11.3 Å². The summed E-state index contributed by atoms with van der Waals surface area (Å²) in [6, 6.07) is 17.8. The first-order valence-electron chi connectivity index (χ1n) is 8.05. The Morgan fingerprint density at radius 1 is 1.21 bits per heavy atom. The van der Waals surface area contributed by atoms with E-state index < -0.39 is 0 Å². The Kier molecular flexibility index (Phi) is 4.99. The van der Waals surface area contributed by atoms with Gasteiger partial charge in [-0.15, -0.1) is 0 Å². The second kappa shape index (κ2) is 7.35. The zero-order chi connectivity index (χ0) is 16.9. The number of hydrogen-bond donors (Lipinski definition) is 1. The lowest BCUT2D eigenvalue weighted by atomic mass is 10.2.